The Morgan fingerprint density at radius 2 is 1.48 bits per heavy atom. The van der Waals surface area contributed by atoms with E-state index < -0.39 is 0 Å². The highest BCUT2D eigenvalue weighted by Gasteiger charge is 1.99. The lowest BCUT2D eigenvalue weighted by Crippen LogP contribution is -1.90. The summed E-state index contributed by atoms with van der Waals surface area (Å²) in [6.45, 7) is 19.9. The van der Waals surface area contributed by atoms with Crippen LogP contribution < -0.4 is 0 Å². The predicted molar refractivity (Wildman–Crippen MR) is 102 cm³/mol. The summed E-state index contributed by atoms with van der Waals surface area (Å²) in [5.41, 5.74) is 3.90. The van der Waals surface area contributed by atoms with Gasteiger partial charge in [-0.25, -0.2) is 0 Å². The highest BCUT2D eigenvalue weighted by atomic mass is 14.0. The molecule has 0 spiro atoms. The Labute approximate surface area is 134 Å². The van der Waals surface area contributed by atoms with Crippen molar-refractivity contribution in [1.82, 2.24) is 0 Å². The Kier molecular flexibility index (Phi) is 19.2. The highest BCUT2D eigenvalue weighted by molar-refractivity contribution is 5.32. The zero-order valence-corrected chi connectivity index (χ0v) is 14.2. The van der Waals surface area contributed by atoms with Crippen LogP contribution in [0.3, 0.4) is 0 Å². The van der Waals surface area contributed by atoms with E-state index in [1.807, 2.05) is 39.8 Å². The van der Waals surface area contributed by atoms with E-state index in [9.17, 15) is 0 Å². The van der Waals surface area contributed by atoms with Gasteiger partial charge in [-0.3, -0.25) is 0 Å². The molecule has 0 saturated carbocycles. The van der Waals surface area contributed by atoms with Gasteiger partial charge in [0.05, 0.1) is 0 Å². The molecule has 0 saturated heterocycles. The molecular formula is C21H36. The molecule has 0 aliphatic heterocycles. The summed E-state index contributed by atoms with van der Waals surface area (Å²) in [6, 6.07) is 8.79. The molecule has 0 unspecified atom stereocenters. The Bertz CT molecular complexity index is 377. The van der Waals surface area contributed by atoms with E-state index in [-0.39, 0.29) is 7.43 Å². The molecule has 21 heavy (non-hydrogen) atoms. The first-order valence-corrected chi connectivity index (χ1v) is 7.70. The van der Waals surface area contributed by atoms with E-state index in [4.69, 9.17) is 0 Å². The molecule has 1 aromatic rings. The summed E-state index contributed by atoms with van der Waals surface area (Å²) >= 11 is 0. The molecule has 0 fully saturated rings. The molecule has 0 aromatic heterocycles. The van der Waals surface area contributed by atoms with Crippen LogP contribution in [0.2, 0.25) is 0 Å². The Balaban J connectivity index is -0.000000595. The van der Waals surface area contributed by atoms with Crippen molar-refractivity contribution >= 4 is 0 Å². The topological polar surface area (TPSA) is 0 Å². The van der Waals surface area contributed by atoms with Crippen molar-refractivity contribution in [2.24, 2.45) is 0 Å². The van der Waals surface area contributed by atoms with Crippen LogP contribution >= 0.6 is 0 Å². The average molecular weight is 289 g/mol. The first kappa shape index (κ1) is 24.5. The number of rotatable bonds is 5. The fraction of sp³-hybridized carbons (Fsp3) is 0.429. The molecule has 0 aliphatic rings. The monoisotopic (exact) mass is 288 g/mol. The standard InChI is InChI=1S/C16H20.2C2H6.CH4/c1-5-7-14(6-2)12-15-8-10-16(11-9-15)13(3)4;2*1-2;/h5-11,13H,1-2,12H2,3-4H3;2*1-2H3;1H4/b14-7+;;;. The van der Waals surface area contributed by atoms with Crippen molar-refractivity contribution in [2.75, 3.05) is 0 Å². The molecule has 0 heterocycles. The van der Waals surface area contributed by atoms with Gasteiger partial charge < -0.3 is 0 Å². The van der Waals surface area contributed by atoms with Crippen LogP contribution in [-0.2, 0) is 6.42 Å². The fourth-order valence-electron chi connectivity index (χ4n) is 1.61. The maximum absolute atomic E-state index is 3.81. The van der Waals surface area contributed by atoms with E-state index >= 15 is 0 Å². The van der Waals surface area contributed by atoms with Gasteiger partial charge >= 0.3 is 0 Å². The summed E-state index contributed by atoms with van der Waals surface area (Å²) in [6.07, 6.45) is 6.62. The van der Waals surface area contributed by atoms with Crippen LogP contribution in [0.4, 0.5) is 0 Å². The Hall–Kier alpha value is -1.56. The third-order valence-corrected chi connectivity index (χ3v) is 2.65. The number of benzene rings is 1. The molecule has 0 radical (unpaired) electrons. The van der Waals surface area contributed by atoms with Gasteiger partial charge in [0.1, 0.15) is 0 Å². The summed E-state index contributed by atoms with van der Waals surface area (Å²) in [5.74, 6) is 0.594. The minimum atomic E-state index is 0. The molecule has 0 heteroatoms. The van der Waals surface area contributed by atoms with E-state index in [1.54, 1.807) is 6.08 Å². The molecule has 1 rings (SSSR count). The van der Waals surface area contributed by atoms with Crippen LogP contribution in [-0.4, -0.2) is 0 Å². The lowest BCUT2D eigenvalue weighted by atomic mass is 9.99. The molecule has 0 atom stereocenters. The van der Waals surface area contributed by atoms with Crippen molar-refractivity contribution < 1.29 is 0 Å². The van der Waals surface area contributed by atoms with Gasteiger partial charge in [0, 0.05) is 0 Å². The maximum Gasteiger partial charge on any atom is -0.00260 e. The van der Waals surface area contributed by atoms with E-state index in [0.29, 0.717) is 5.92 Å². The quantitative estimate of drug-likeness (QED) is 0.497. The number of hydrogen-bond acceptors (Lipinski definition) is 0. The SMILES string of the molecule is C.C=C/C=C(\C=C)Cc1ccc(C(C)C)cc1.CC.CC. The molecular weight excluding hydrogens is 252 g/mol. The van der Waals surface area contributed by atoms with Crippen molar-refractivity contribution in [1.29, 1.82) is 0 Å². The van der Waals surface area contributed by atoms with Crippen LogP contribution in [0.15, 0.2) is 61.2 Å². The van der Waals surface area contributed by atoms with Gasteiger partial charge in [0.25, 0.3) is 0 Å². The lowest BCUT2D eigenvalue weighted by molar-refractivity contribution is 0.865. The van der Waals surface area contributed by atoms with Gasteiger partial charge in [-0.2, -0.15) is 0 Å². The number of hydrogen-bond donors (Lipinski definition) is 0. The summed E-state index contributed by atoms with van der Waals surface area (Å²) in [5, 5.41) is 0. The first-order chi connectivity index (χ1) is 9.67. The molecule has 0 N–H and O–H groups in total. The Morgan fingerprint density at radius 3 is 1.81 bits per heavy atom. The zero-order valence-electron chi connectivity index (χ0n) is 14.2. The van der Waals surface area contributed by atoms with Crippen LogP contribution in [0, 0.1) is 0 Å². The fourth-order valence-corrected chi connectivity index (χ4v) is 1.61. The second-order valence-electron chi connectivity index (χ2n) is 4.25. The minimum Gasteiger partial charge on any atom is -0.0991 e. The zero-order chi connectivity index (χ0) is 16.0. The number of allylic oxidation sites excluding steroid dienone is 4. The smallest absolute Gasteiger partial charge is 0.00260 e. The van der Waals surface area contributed by atoms with Crippen LogP contribution in [0.5, 0.6) is 0 Å². The highest BCUT2D eigenvalue weighted by Crippen LogP contribution is 2.16. The van der Waals surface area contributed by atoms with Gasteiger partial charge in [0.15, 0.2) is 0 Å². The summed E-state index contributed by atoms with van der Waals surface area (Å²) < 4.78 is 0. The third kappa shape index (κ3) is 10.8. The van der Waals surface area contributed by atoms with Crippen molar-refractivity contribution in [3.05, 3.63) is 72.4 Å². The van der Waals surface area contributed by atoms with Crippen LogP contribution in [0.1, 0.15) is 66.0 Å². The normalized spacial score (nSPS) is 9.38. The second-order valence-corrected chi connectivity index (χ2v) is 4.25. The maximum atomic E-state index is 3.81. The molecule has 0 amide bonds. The minimum absolute atomic E-state index is 0. The van der Waals surface area contributed by atoms with Gasteiger partial charge in [-0.05, 0) is 29.0 Å². The van der Waals surface area contributed by atoms with Crippen LogP contribution in [0.25, 0.3) is 0 Å². The predicted octanol–water partition coefficient (Wildman–Crippen LogP) is 7.34. The van der Waals surface area contributed by atoms with Gasteiger partial charge in [-0.1, -0.05) is 105 Å². The average Bonchev–Trinajstić information content (AvgIpc) is 2.51. The largest absolute Gasteiger partial charge is 0.0991 e. The van der Waals surface area contributed by atoms with E-state index in [0.717, 1.165) is 6.42 Å². The molecule has 120 valence electrons. The van der Waals surface area contributed by atoms with E-state index in [2.05, 4.69) is 51.3 Å². The molecule has 0 nitrogen and oxygen atoms in total. The lowest BCUT2D eigenvalue weighted by Gasteiger charge is -2.07. The van der Waals surface area contributed by atoms with Crippen molar-refractivity contribution in [2.45, 2.75) is 61.3 Å². The molecule has 0 aliphatic carbocycles. The molecule has 1 aromatic carbocycles. The summed E-state index contributed by atoms with van der Waals surface area (Å²) in [4.78, 5) is 0. The third-order valence-electron chi connectivity index (χ3n) is 2.65. The molecule has 0 bridgehead atoms. The second kappa shape index (κ2) is 16.5. The van der Waals surface area contributed by atoms with E-state index in [1.165, 1.54) is 16.7 Å². The van der Waals surface area contributed by atoms with Gasteiger partial charge in [-0.15, -0.1) is 0 Å². The Morgan fingerprint density at radius 1 is 1.00 bits per heavy atom. The van der Waals surface area contributed by atoms with Crippen molar-refractivity contribution in [3.63, 3.8) is 0 Å². The summed E-state index contributed by atoms with van der Waals surface area (Å²) in [7, 11) is 0. The van der Waals surface area contributed by atoms with Gasteiger partial charge in [0.2, 0.25) is 0 Å². The first-order valence-electron chi connectivity index (χ1n) is 7.70. The van der Waals surface area contributed by atoms with Crippen molar-refractivity contribution in [3.8, 4) is 0 Å².